The highest BCUT2D eigenvalue weighted by Gasteiger charge is 2.42. The van der Waals surface area contributed by atoms with Crippen LogP contribution in [0.15, 0.2) is 36.4 Å². The van der Waals surface area contributed by atoms with E-state index < -0.39 is 65.4 Å². The van der Waals surface area contributed by atoms with E-state index >= 15 is 0 Å². The van der Waals surface area contributed by atoms with Gasteiger partial charge in [-0.15, -0.1) is 0 Å². The third-order valence-corrected chi connectivity index (χ3v) is 5.07. The van der Waals surface area contributed by atoms with Crippen molar-refractivity contribution in [1.29, 1.82) is 0 Å². The highest BCUT2D eigenvalue weighted by Crippen LogP contribution is 2.39. The molecule has 0 amide bonds. The van der Waals surface area contributed by atoms with E-state index in [0.717, 1.165) is 0 Å². The molecule has 0 radical (unpaired) electrons. The van der Waals surface area contributed by atoms with Crippen LogP contribution in [-0.4, -0.2) is 0 Å². The first-order valence-corrected chi connectivity index (χ1v) is 8.62. The highest BCUT2D eigenvalue weighted by molar-refractivity contribution is 7.61. The van der Waals surface area contributed by atoms with Gasteiger partial charge in [-0.25, -0.2) is 0 Å². The van der Waals surface area contributed by atoms with Crippen LogP contribution in [-0.2, 0) is 29.3 Å². The van der Waals surface area contributed by atoms with Crippen molar-refractivity contribution in [2.45, 2.75) is 24.7 Å². The van der Waals surface area contributed by atoms with E-state index in [1.165, 1.54) is 0 Å². The molecule has 0 unspecified atom stereocenters. The van der Waals surface area contributed by atoms with Crippen molar-refractivity contribution in [1.82, 2.24) is 0 Å². The van der Waals surface area contributed by atoms with Crippen LogP contribution in [0, 0.1) is 0 Å². The van der Waals surface area contributed by atoms with Crippen LogP contribution in [0.1, 0.15) is 22.3 Å². The molecule has 0 fully saturated rings. The second kappa shape index (κ2) is 7.44. The number of hydrogen-bond acceptors (Lipinski definition) is 1. The fraction of sp³-hybridized carbons (Fsp3) is 0.250. The molecule has 0 aliphatic carbocycles. The Kier molecular flexibility index (Phi) is 5.94. The van der Waals surface area contributed by atoms with Gasteiger partial charge in [0.25, 0.3) is 0 Å². The van der Waals surface area contributed by atoms with E-state index in [0.29, 0.717) is 0 Å². The van der Waals surface area contributed by atoms with Gasteiger partial charge in [0.1, 0.15) is 0 Å². The summed E-state index contributed by atoms with van der Waals surface area (Å²) in [6.07, 6.45) is -21.4. The smallest absolute Gasteiger partial charge is 0.166 e. The quantitative estimate of drug-likeness (QED) is 0.358. The molecule has 0 N–H and O–H groups in total. The topological polar surface area (TPSA) is 17.1 Å². The maximum Gasteiger partial charge on any atom is 0.416 e. The number of rotatable bonds is 2. The van der Waals surface area contributed by atoms with E-state index in [1.54, 1.807) is 0 Å². The van der Waals surface area contributed by atoms with E-state index in [9.17, 15) is 57.3 Å². The predicted molar refractivity (Wildman–Crippen MR) is 79.8 cm³/mol. The molecule has 1 nitrogen and oxygen atoms in total. The molecule has 0 aromatic heterocycles. The van der Waals surface area contributed by atoms with Crippen LogP contribution in [0.3, 0.4) is 0 Å². The second-order valence-corrected chi connectivity index (χ2v) is 7.44. The molecule has 2 rings (SSSR count). The van der Waals surface area contributed by atoms with Crippen molar-refractivity contribution in [2.24, 2.45) is 0 Å². The van der Waals surface area contributed by atoms with Crippen molar-refractivity contribution in [2.75, 3.05) is 0 Å². The lowest BCUT2D eigenvalue weighted by Crippen LogP contribution is -2.19. The van der Waals surface area contributed by atoms with E-state index in [-0.39, 0.29) is 36.4 Å². The third kappa shape index (κ3) is 5.44. The van der Waals surface area contributed by atoms with Gasteiger partial charge >= 0.3 is 32.5 Å². The van der Waals surface area contributed by atoms with Gasteiger partial charge in [0.2, 0.25) is 0 Å². The van der Waals surface area contributed by atoms with E-state index in [1.807, 2.05) is 0 Å². The Labute approximate surface area is 160 Å². The largest absolute Gasteiger partial charge is 0.416 e. The minimum Gasteiger partial charge on any atom is -0.166 e. The van der Waals surface area contributed by atoms with Crippen LogP contribution in [0.4, 0.5) is 52.7 Å². The number of halogens is 12. The molecule has 0 bridgehead atoms. The Balaban J connectivity index is 2.73. The van der Waals surface area contributed by atoms with Gasteiger partial charge in [-0.1, -0.05) is 4.57 Å². The lowest BCUT2D eigenvalue weighted by atomic mass is 10.1. The molecule has 30 heavy (non-hydrogen) atoms. The average Bonchev–Trinajstić information content (AvgIpc) is 2.57. The van der Waals surface area contributed by atoms with Crippen LogP contribution in [0.2, 0.25) is 0 Å². The summed E-state index contributed by atoms with van der Waals surface area (Å²) in [7, 11) is -3.67. The lowest BCUT2D eigenvalue weighted by Gasteiger charge is -2.12. The molecule has 2 aromatic rings. The zero-order valence-corrected chi connectivity index (χ0v) is 14.7. The summed E-state index contributed by atoms with van der Waals surface area (Å²) in [5.41, 5.74) is -7.67. The summed E-state index contributed by atoms with van der Waals surface area (Å²) in [6, 6.07) is -0.744. The first-order chi connectivity index (χ1) is 13.3. The minimum atomic E-state index is -5.35. The fourth-order valence-electron chi connectivity index (χ4n) is 2.26. The summed E-state index contributed by atoms with van der Waals surface area (Å²) in [5, 5.41) is -2.47. The normalized spacial score (nSPS) is 13.5. The van der Waals surface area contributed by atoms with Crippen molar-refractivity contribution >= 4 is 18.4 Å². The van der Waals surface area contributed by atoms with Crippen molar-refractivity contribution < 1.29 is 57.3 Å². The van der Waals surface area contributed by atoms with E-state index in [4.69, 9.17) is 0 Å². The Morgan fingerprint density at radius 1 is 0.433 bits per heavy atom. The van der Waals surface area contributed by atoms with Gasteiger partial charge in [-0.3, -0.25) is 0 Å². The van der Waals surface area contributed by atoms with Gasteiger partial charge < -0.3 is 0 Å². The SMILES string of the molecule is O=[P+](c1cc(C(F)(F)F)cc(C(F)(F)F)c1)c1cc(C(F)(F)F)cc(C(F)(F)F)c1. The summed E-state index contributed by atoms with van der Waals surface area (Å²) in [4.78, 5) is 0. The molecular formula is C16H6F12OP+. The summed E-state index contributed by atoms with van der Waals surface area (Å²) in [6.45, 7) is 0. The maximum atomic E-state index is 12.9. The summed E-state index contributed by atoms with van der Waals surface area (Å²) in [5.74, 6) is 0. The molecule has 0 spiro atoms. The Hall–Kier alpha value is -2.30. The molecule has 0 aliphatic rings. The first kappa shape index (κ1) is 24.0. The van der Waals surface area contributed by atoms with E-state index in [2.05, 4.69) is 0 Å². The minimum absolute atomic E-state index is 0.0263. The van der Waals surface area contributed by atoms with Crippen LogP contribution in [0.25, 0.3) is 0 Å². The van der Waals surface area contributed by atoms with Crippen molar-refractivity contribution in [3.63, 3.8) is 0 Å². The molecule has 164 valence electrons. The van der Waals surface area contributed by atoms with Gasteiger partial charge in [0.15, 0.2) is 10.6 Å². The highest BCUT2D eigenvalue weighted by atomic mass is 31.1. The van der Waals surface area contributed by atoms with Crippen LogP contribution in [0.5, 0.6) is 0 Å². The molecule has 0 aliphatic heterocycles. The molecule has 14 heteroatoms. The first-order valence-electron chi connectivity index (χ1n) is 7.36. The van der Waals surface area contributed by atoms with Gasteiger partial charge in [0, 0.05) is 24.3 Å². The fourth-order valence-corrected chi connectivity index (χ4v) is 3.58. The number of alkyl halides is 12. The van der Waals surface area contributed by atoms with Crippen molar-refractivity contribution in [3.05, 3.63) is 58.7 Å². The standard InChI is InChI=1S/C16H6F12OP/c17-13(18,19)7-1-8(14(20,21)22)4-11(3-7)30(29)12-5-9(15(23,24)25)2-10(6-12)16(26,27)28/h1-6H/q+1. The Morgan fingerprint density at radius 3 is 0.800 bits per heavy atom. The Morgan fingerprint density at radius 2 is 0.633 bits per heavy atom. The second-order valence-electron chi connectivity index (χ2n) is 5.82. The molecule has 0 saturated heterocycles. The van der Waals surface area contributed by atoms with Gasteiger partial charge in [-0.05, 0) is 12.1 Å². The van der Waals surface area contributed by atoms with Gasteiger partial charge in [0.05, 0.1) is 22.3 Å². The van der Waals surface area contributed by atoms with Gasteiger partial charge in [-0.2, -0.15) is 52.7 Å². The van der Waals surface area contributed by atoms with Crippen molar-refractivity contribution in [3.8, 4) is 0 Å². The monoisotopic (exact) mass is 473 g/mol. The molecular weight excluding hydrogens is 467 g/mol. The average molecular weight is 473 g/mol. The lowest BCUT2D eigenvalue weighted by molar-refractivity contribution is -0.144. The summed E-state index contributed by atoms with van der Waals surface area (Å²) < 4.78 is 167. The molecule has 0 atom stereocenters. The molecule has 0 saturated carbocycles. The van der Waals surface area contributed by atoms with Crippen LogP contribution >= 0.6 is 7.80 Å². The summed E-state index contributed by atoms with van der Waals surface area (Å²) >= 11 is 0. The molecule has 2 aromatic carbocycles. The Bertz CT molecular complexity index is 824. The zero-order valence-electron chi connectivity index (χ0n) is 13.9. The molecule has 0 heterocycles. The zero-order chi connectivity index (χ0) is 23.3. The maximum absolute atomic E-state index is 12.9. The number of benzene rings is 2. The third-order valence-electron chi connectivity index (χ3n) is 3.61. The number of hydrogen-bond donors (Lipinski definition) is 0. The predicted octanol–water partition coefficient (Wildman–Crippen LogP) is 6.54. The van der Waals surface area contributed by atoms with Crippen LogP contribution < -0.4 is 10.6 Å².